The Balaban J connectivity index is 0.000000183. The Kier molecular flexibility index (Phi) is 12.1. The summed E-state index contributed by atoms with van der Waals surface area (Å²) in [7, 11) is 0. The lowest BCUT2D eigenvalue weighted by Crippen LogP contribution is -2.60. The molecule has 3 N–H and O–H groups in total. The molecule has 4 amide bonds. The van der Waals surface area contributed by atoms with Crippen molar-refractivity contribution in [3.8, 4) is 0 Å². The van der Waals surface area contributed by atoms with Crippen molar-refractivity contribution in [2.24, 2.45) is 0 Å². The van der Waals surface area contributed by atoms with Crippen LogP contribution >= 0.6 is 0 Å². The van der Waals surface area contributed by atoms with Crippen LogP contribution in [-0.2, 0) is 39.9 Å². The van der Waals surface area contributed by atoms with Crippen molar-refractivity contribution in [1.82, 2.24) is 20.4 Å². The van der Waals surface area contributed by atoms with Crippen LogP contribution in [-0.4, -0.2) is 114 Å². The number of nitrogens with zero attached hydrogens (tertiary/aromatic N) is 2. The molecule has 0 atom stereocenters. The van der Waals surface area contributed by atoms with Crippen LogP contribution in [0.5, 0.6) is 0 Å². The van der Waals surface area contributed by atoms with E-state index in [0.717, 1.165) is 44.1 Å². The molecule has 14 heteroatoms. The summed E-state index contributed by atoms with van der Waals surface area (Å²) in [4.78, 5) is 53.5. The third-order valence-corrected chi connectivity index (χ3v) is 11.4. The zero-order chi connectivity index (χ0) is 35.8. The van der Waals surface area contributed by atoms with Gasteiger partial charge in [-0.2, -0.15) is 0 Å². The number of carboxylic acid groups (broad SMARTS) is 1. The van der Waals surface area contributed by atoms with Gasteiger partial charge in [-0.05, 0) is 31.2 Å². The van der Waals surface area contributed by atoms with Crippen molar-refractivity contribution in [1.29, 1.82) is 0 Å². The van der Waals surface area contributed by atoms with Gasteiger partial charge >= 0.3 is 24.0 Å². The first-order valence-corrected chi connectivity index (χ1v) is 18.8. The molecule has 2 spiro atoms. The van der Waals surface area contributed by atoms with Gasteiger partial charge in [0.1, 0.15) is 17.7 Å². The van der Waals surface area contributed by atoms with E-state index >= 15 is 0 Å². The molecule has 4 aliphatic heterocycles. The maximum atomic E-state index is 13.0. The molecular weight excluding hydrogens is 660 g/mol. The number of hydrogen-bond acceptors (Lipinski definition) is 9. The van der Waals surface area contributed by atoms with E-state index in [-0.39, 0.29) is 24.6 Å². The molecule has 282 valence electrons. The smallest absolute Gasteiger partial charge is 0.332 e. The molecule has 6 fully saturated rings. The molecular formula is C37H54N4O10. The summed E-state index contributed by atoms with van der Waals surface area (Å²) >= 11 is 0. The third kappa shape index (κ3) is 8.95. The maximum absolute atomic E-state index is 13.0. The number of amides is 4. The summed E-state index contributed by atoms with van der Waals surface area (Å²) in [6, 6.07) is 9.14. The molecule has 1 aromatic rings. The predicted molar refractivity (Wildman–Crippen MR) is 183 cm³/mol. The van der Waals surface area contributed by atoms with E-state index in [1.54, 1.807) is 9.80 Å². The molecule has 14 nitrogen and oxygen atoms in total. The molecule has 0 bridgehead atoms. The second-order valence-corrected chi connectivity index (χ2v) is 14.7. The number of likely N-dealkylation sites (tertiary alicyclic amines) is 2. The Bertz CT molecular complexity index is 1330. The van der Waals surface area contributed by atoms with E-state index in [1.807, 2.05) is 30.3 Å². The monoisotopic (exact) mass is 714 g/mol. The highest BCUT2D eigenvalue weighted by atomic mass is 16.7. The Morgan fingerprint density at radius 3 is 1.45 bits per heavy atom. The number of benzene rings is 1. The summed E-state index contributed by atoms with van der Waals surface area (Å²) in [5.41, 5.74) is -1.08. The van der Waals surface area contributed by atoms with Crippen molar-refractivity contribution >= 4 is 24.0 Å². The average Bonchev–Trinajstić information content (AvgIpc) is 3.82. The standard InChI is InChI=1S/C22H30N2O5.C15H24N2O5/c25-19(27-17-18-7-3-1-4-8-18)21(9-5-2-6-10-21)23-20(26)24-13-11-22(12-14-24)28-15-16-29-22;18-12(19)14(4-2-1-3-5-14)16-13(20)17-8-6-15(7-9-17)21-10-11-22-15/h1,3-4,7-8H,2,5-6,9-17H2,(H,23,26);1-11H2,(H,16,20)(H,18,19). The maximum Gasteiger partial charge on any atom is 0.332 e. The van der Waals surface area contributed by atoms with Crippen LogP contribution in [0, 0.1) is 0 Å². The third-order valence-electron chi connectivity index (χ3n) is 11.4. The number of carboxylic acids is 1. The molecule has 4 heterocycles. The normalized spacial score (nSPS) is 24.6. The van der Waals surface area contributed by atoms with Gasteiger partial charge < -0.3 is 49.2 Å². The van der Waals surface area contributed by atoms with Gasteiger partial charge in [-0.3, -0.25) is 0 Å². The Labute approximate surface area is 299 Å². The largest absolute Gasteiger partial charge is 0.480 e. The zero-order valence-corrected chi connectivity index (χ0v) is 29.7. The molecule has 0 aromatic heterocycles. The van der Waals surface area contributed by atoms with Crippen molar-refractivity contribution in [3.63, 3.8) is 0 Å². The highest BCUT2D eigenvalue weighted by molar-refractivity contribution is 5.88. The lowest BCUT2D eigenvalue weighted by Gasteiger charge is -2.41. The van der Waals surface area contributed by atoms with Gasteiger partial charge in [0.2, 0.25) is 0 Å². The highest BCUT2D eigenvalue weighted by Gasteiger charge is 2.47. The summed E-state index contributed by atoms with van der Waals surface area (Å²) < 4.78 is 28.4. The summed E-state index contributed by atoms with van der Waals surface area (Å²) in [6.07, 6.45) is 10.5. The molecule has 6 aliphatic rings. The number of hydrogen-bond donors (Lipinski definition) is 3. The second kappa shape index (κ2) is 16.5. The van der Waals surface area contributed by atoms with Gasteiger partial charge in [0.15, 0.2) is 11.6 Å². The van der Waals surface area contributed by atoms with Crippen LogP contribution in [0.2, 0.25) is 0 Å². The van der Waals surface area contributed by atoms with Gasteiger partial charge in [-0.1, -0.05) is 68.9 Å². The number of ether oxygens (including phenoxy) is 5. The first-order valence-electron chi connectivity index (χ1n) is 18.8. The van der Waals surface area contributed by atoms with Crippen LogP contribution in [0.1, 0.15) is 95.5 Å². The minimum absolute atomic E-state index is 0.198. The van der Waals surface area contributed by atoms with E-state index in [2.05, 4.69) is 10.6 Å². The van der Waals surface area contributed by atoms with Crippen LogP contribution in [0.15, 0.2) is 30.3 Å². The topological polar surface area (TPSA) is 165 Å². The fourth-order valence-electron chi connectivity index (χ4n) is 8.18. The number of urea groups is 2. The number of aliphatic carboxylic acids is 1. The van der Waals surface area contributed by atoms with Crippen LogP contribution in [0.4, 0.5) is 9.59 Å². The van der Waals surface area contributed by atoms with Crippen LogP contribution in [0.3, 0.4) is 0 Å². The van der Waals surface area contributed by atoms with Gasteiger partial charge in [-0.25, -0.2) is 19.2 Å². The van der Waals surface area contributed by atoms with Crippen molar-refractivity contribution < 1.29 is 48.0 Å². The molecule has 51 heavy (non-hydrogen) atoms. The van der Waals surface area contributed by atoms with Gasteiger partial charge in [0, 0.05) is 51.9 Å². The predicted octanol–water partition coefficient (Wildman–Crippen LogP) is 4.30. The zero-order valence-electron chi connectivity index (χ0n) is 29.7. The average molecular weight is 715 g/mol. The van der Waals surface area contributed by atoms with Gasteiger partial charge in [0.05, 0.1) is 26.4 Å². The quantitative estimate of drug-likeness (QED) is 0.362. The fraction of sp³-hybridized carbons (Fsp3) is 0.730. The molecule has 1 aromatic carbocycles. The lowest BCUT2D eigenvalue weighted by molar-refractivity contribution is -0.182. The van der Waals surface area contributed by atoms with E-state index in [1.165, 1.54) is 0 Å². The molecule has 0 radical (unpaired) electrons. The highest BCUT2D eigenvalue weighted by Crippen LogP contribution is 2.35. The molecule has 2 aliphatic carbocycles. The minimum atomic E-state index is -1.09. The van der Waals surface area contributed by atoms with E-state index < -0.39 is 28.6 Å². The number of esters is 1. The first-order chi connectivity index (χ1) is 24.7. The number of nitrogens with one attached hydrogen (secondary N) is 2. The fourth-order valence-corrected chi connectivity index (χ4v) is 8.18. The minimum Gasteiger partial charge on any atom is -0.480 e. The lowest BCUT2D eigenvalue weighted by atomic mass is 9.81. The van der Waals surface area contributed by atoms with Gasteiger partial charge in [-0.15, -0.1) is 0 Å². The molecule has 4 saturated heterocycles. The van der Waals surface area contributed by atoms with E-state index in [4.69, 9.17) is 23.7 Å². The number of carbonyl (C=O) groups excluding carboxylic acids is 3. The summed E-state index contributed by atoms with van der Waals surface area (Å²) in [5, 5.41) is 15.4. The first kappa shape index (κ1) is 37.3. The number of carbonyl (C=O) groups is 4. The second-order valence-electron chi connectivity index (χ2n) is 14.7. The SMILES string of the molecule is O=C(NC1(C(=O)O)CCCCC1)N1CCC2(CC1)OCCO2.O=C(NC1(C(=O)OCc2ccccc2)CCCCC1)N1CCC2(CC1)OCCO2. The Morgan fingerprint density at radius 1 is 0.608 bits per heavy atom. The van der Waals surface area contributed by atoms with Crippen LogP contribution in [0.25, 0.3) is 0 Å². The van der Waals surface area contributed by atoms with E-state index in [9.17, 15) is 24.3 Å². The number of piperidine rings is 2. The Morgan fingerprint density at radius 2 is 1.02 bits per heavy atom. The van der Waals surface area contributed by atoms with E-state index in [0.29, 0.717) is 104 Å². The summed E-state index contributed by atoms with van der Waals surface area (Å²) in [5.74, 6) is -2.29. The van der Waals surface area contributed by atoms with Gasteiger partial charge in [0.25, 0.3) is 0 Å². The van der Waals surface area contributed by atoms with Crippen molar-refractivity contribution in [2.75, 3.05) is 52.6 Å². The van der Waals surface area contributed by atoms with Crippen molar-refractivity contribution in [3.05, 3.63) is 35.9 Å². The van der Waals surface area contributed by atoms with Crippen molar-refractivity contribution in [2.45, 2.75) is 119 Å². The number of rotatable bonds is 6. The van der Waals surface area contributed by atoms with Crippen LogP contribution < -0.4 is 10.6 Å². The molecule has 0 unspecified atom stereocenters. The summed E-state index contributed by atoms with van der Waals surface area (Å²) in [6.45, 7) is 4.83. The molecule has 7 rings (SSSR count). The Hall–Kier alpha value is -3.46. The molecule has 2 saturated carbocycles.